The molecule has 0 saturated carbocycles. The van der Waals surface area contributed by atoms with Gasteiger partial charge in [-0.25, -0.2) is 14.5 Å². The van der Waals surface area contributed by atoms with Gasteiger partial charge >= 0.3 is 25.9 Å². The largest absolute Gasteiger partial charge is 1.00 e. The SMILES string of the molecule is C1CCOC1.O.O.O.O=C(O)CN1CC[NH+](CC(=O)O)CCN(C[P+](=O)O)CC[NH+](CC(=O)O)CC1.[Cl-].[Cl-]. The van der Waals surface area contributed by atoms with Crippen molar-refractivity contribution in [1.29, 1.82) is 0 Å². The van der Waals surface area contributed by atoms with Crippen molar-refractivity contribution in [2.24, 2.45) is 0 Å². The fourth-order valence-corrected chi connectivity index (χ4v) is 4.32. The Hall–Kier alpha value is -1.27. The second-order valence-corrected chi connectivity index (χ2v) is 9.23. The average Bonchev–Trinajstić information content (AvgIpc) is 3.28. The summed E-state index contributed by atoms with van der Waals surface area (Å²) in [5.41, 5.74) is 0. The molecule has 3 atom stereocenters. The normalized spacial score (nSPS) is 20.8. The zero-order valence-electron chi connectivity index (χ0n) is 21.2. The number of aliphatic carboxylic acids is 3. The van der Waals surface area contributed by atoms with E-state index in [0.717, 1.165) is 23.0 Å². The van der Waals surface area contributed by atoms with E-state index < -0.39 is 25.9 Å². The topological polar surface area (TPSA) is 268 Å². The summed E-state index contributed by atoms with van der Waals surface area (Å²) in [5, 5.41) is 27.3. The quantitative estimate of drug-likeness (QED) is 0.138. The van der Waals surface area contributed by atoms with Gasteiger partial charge in [0.15, 0.2) is 13.1 Å². The highest BCUT2D eigenvalue weighted by Gasteiger charge is 2.26. The third-order valence-electron chi connectivity index (χ3n) is 5.44. The highest BCUT2D eigenvalue weighted by atomic mass is 35.5. The van der Waals surface area contributed by atoms with Crippen LogP contribution in [0, 0.1) is 0 Å². The van der Waals surface area contributed by atoms with Crippen LogP contribution in [-0.4, -0.2) is 156 Å². The minimum Gasteiger partial charge on any atom is -1.00 e. The molecule has 0 bridgehead atoms. The molecule has 0 aromatic rings. The van der Waals surface area contributed by atoms with Gasteiger partial charge in [0.25, 0.3) is 0 Å². The van der Waals surface area contributed by atoms with Gasteiger partial charge in [0.1, 0.15) is 0 Å². The Morgan fingerprint density at radius 2 is 1.08 bits per heavy atom. The van der Waals surface area contributed by atoms with Gasteiger partial charge in [0.2, 0.25) is 6.29 Å². The molecule has 19 heteroatoms. The van der Waals surface area contributed by atoms with E-state index >= 15 is 0 Å². The van der Waals surface area contributed by atoms with Crippen LogP contribution in [0.4, 0.5) is 0 Å². The summed E-state index contributed by atoms with van der Waals surface area (Å²) in [5.74, 6) is -2.93. The molecule has 0 amide bonds. The maximum absolute atomic E-state index is 11.2. The van der Waals surface area contributed by atoms with E-state index in [-0.39, 0.29) is 67.2 Å². The summed E-state index contributed by atoms with van der Waals surface area (Å²) in [6.07, 6.45) is 2.50. The molecular formula is C19H44Cl2N4O12P+. The van der Waals surface area contributed by atoms with Crippen LogP contribution in [0.25, 0.3) is 0 Å². The summed E-state index contributed by atoms with van der Waals surface area (Å²) in [6, 6.07) is 0. The van der Waals surface area contributed by atoms with Crippen molar-refractivity contribution in [2.75, 3.05) is 91.5 Å². The molecule has 16 nitrogen and oxygen atoms in total. The van der Waals surface area contributed by atoms with Crippen LogP contribution in [0.15, 0.2) is 0 Å². The first-order valence-corrected chi connectivity index (χ1v) is 12.5. The highest BCUT2D eigenvalue weighted by molar-refractivity contribution is 7.37. The molecule has 38 heavy (non-hydrogen) atoms. The molecule has 2 rings (SSSR count). The molecule has 2 aliphatic heterocycles. The molecular weight excluding hydrogens is 578 g/mol. The molecule has 2 saturated heterocycles. The van der Waals surface area contributed by atoms with Gasteiger partial charge in [-0.3, -0.25) is 9.69 Å². The average molecular weight is 622 g/mol. The first kappa shape index (κ1) is 46.6. The number of halogens is 2. The lowest BCUT2D eigenvalue weighted by Crippen LogP contribution is -3.15. The Morgan fingerprint density at radius 3 is 1.34 bits per heavy atom. The molecule has 2 aliphatic rings. The number of hydrogen-bond acceptors (Lipinski definition) is 7. The van der Waals surface area contributed by atoms with Gasteiger partial charge in [-0.15, -0.1) is 0 Å². The second kappa shape index (κ2) is 27.3. The van der Waals surface area contributed by atoms with Crippen molar-refractivity contribution in [3.05, 3.63) is 0 Å². The van der Waals surface area contributed by atoms with Crippen molar-refractivity contribution in [3.8, 4) is 0 Å². The van der Waals surface area contributed by atoms with Crippen LogP contribution in [0.5, 0.6) is 0 Å². The van der Waals surface area contributed by atoms with Crippen LogP contribution < -0.4 is 34.6 Å². The third kappa shape index (κ3) is 25.0. The lowest BCUT2D eigenvalue weighted by Gasteiger charge is -2.29. The molecule has 0 radical (unpaired) electrons. The first-order chi connectivity index (χ1) is 15.7. The number of carboxylic acid groups (broad SMARTS) is 3. The van der Waals surface area contributed by atoms with Crippen LogP contribution in [0.1, 0.15) is 12.8 Å². The maximum atomic E-state index is 11.2. The Morgan fingerprint density at radius 1 is 0.711 bits per heavy atom. The van der Waals surface area contributed by atoms with Gasteiger partial charge in [-0.1, -0.05) is 0 Å². The predicted octanol–water partition coefficient (Wildman–Crippen LogP) is -12.3. The molecule has 0 spiro atoms. The van der Waals surface area contributed by atoms with E-state index in [1.807, 2.05) is 0 Å². The number of carbonyl (C=O) groups is 3. The molecule has 0 aromatic carbocycles. The van der Waals surface area contributed by atoms with Gasteiger partial charge in [-0.05, 0) is 17.4 Å². The second-order valence-electron chi connectivity index (χ2n) is 8.24. The van der Waals surface area contributed by atoms with Gasteiger partial charge in [0, 0.05) is 26.3 Å². The van der Waals surface area contributed by atoms with Crippen molar-refractivity contribution < 1.29 is 94.9 Å². The number of nitrogens with zero attached hydrogens (tertiary/aromatic N) is 2. The number of quaternary nitrogens is 2. The van der Waals surface area contributed by atoms with E-state index in [1.54, 1.807) is 9.80 Å². The monoisotopic (exact) mass is 621 g/mol. The van der Waals surface area contributed by atoms with Crippen molar-refractivity contribution >= 4 is 25.9 Å². The number of nitrogens with one attached hydrogen (secondary N) is 2. The lowest BCUT2D eigenvalue weighted by atomic mass is 10.3. The number of carboxylic acids is 3. The van der Waals surface area contributed by atoms with Crippen molar-refractivity contribution in [3.63, 3.8) is 0 Å². The lowest BCUT2D eigenvalue weighted by molar-refractivity contribution is -0.897. The van der Waals surface area contributed by atoms with E-state index in [9.17, 15) is 23.8 Å². The fraction of sp³-hybridized carbons (Fsp3) is 0.842. The number of rotatable bonds is 8. The van der Waals surface area contributed by atoms with E-state index in [2.05, 4.69) is 0 Å². The third-order valence-corrected chi connectivity index (χ3v) is 6.08. The standard InChI is InChI=1S/C15H27N4O8P.C4H8O.2ClH.3H2O/c20-13(21)9-16-1-3-17(10-14(22)23)5-7-19(12-28(26)27)8-6-18(4-2-16)11-15(24)25;1-2-4-5-3-1;;;;;/h1-12H2,(H3-,20,21,22,23,24,25,26,27);1-4H2;2*1H;3*1H2/p+1. The first-order valence-electron chi connectivity index (χ1n) is 11.1. The van der Waals surface area contributed by atoms with Crippen molar-refractivity contribution in [2.45, 2.75) is 12.8 Å². The maximum Gasteiger partial charge on any atom is 0.521 e. The van der Waals surface area contributed by atoms with Gasteiger partial charge < -0.3 is 71.1 Å². The van der Waals surface area contributed by atoms with Crippen LogP contribution in [0.2, 0.25) is 0 Å². The molecule has 0 aromatic heterocycles. The molecule has 2 fully saturated rings. The van der Waals surface area contributed by atoms with Crippen molar-refractivity contribution in [1.82, 2.24) is 9.80 Å². The smallest absolute Gasteiger partial charge is 0.521 e. The minimum absolute atomic E-state index is 0. The van der Waals surface area contributed by atoms with Gasteiger partial charge in [0.05, 0.1) is 45.8 Å². The Bertz CT molecular complexity index is 533. The minimum atomic E-state index is -2.40. The van der Waals surface area contributed by atoms with Crippen LogP contribution >= 0.6 is 8.03 Å². The summed E-state index contributed by atoms with van der Waals surface area (Å²) < 4.78 is 16.2. The molecule has 12 N–H and O–H groups in total. The summed E-state index contributed by atoms with van der Waals surface area (Å²) >= 11 is 0. The highest BCUT2D eigenvalue weighted by Crippen LogP contribution is 2.13. The molecule has 0 aliphatic carbocycles. The molecule has 230 valence electrons. The summed E-state index contributed by atoms with van der Waals surface area (Å²) in [7, 11) is -2.40. The summed E-state index contributed by atoms with van der Waals surface area (Å²) in [4.78, 5) is 47.5. The number of hydrogen-bond donors (Lipinski definition) is 6. The molecule has 3 unspecified atom stereocenters. The van der Waals surface area contributed by atoms with E-state index in [0.29, 0.717) is 52.4 Å². The fourth-order valence-electron chi connectivity index (χ4n) is 3.69. The van der Waals surface area contributed by atoms with Crippen LogP contribution in [-0.2, 0) is 23.7 Å². The number of ether oxygens (including phenoxy) is 1. The molecule has 2 heterocycles. The zero-order chi connectivity index (χ0) is 24.6. The van der Waals surface area contributed by atoms with E-state index in [1.165, 1.54) is 12.8 Å². The Labute approximate surface area is 235 Å². The predicted molar refractivity (Wildman–Crippen MR) is 128 cm³/mol. The summed E-state index contributed by atoms with van der Waals surface area (Å²) in [6.45, 7) is 4.72. The van der Waals surface area contributed by atoms with Crippen LogP contribution in [0.3, 0.4) is 0 Å². The van der Waals surface area contributed by atoms with Gasteiger partial charge in [-0.2, -0.15) is 4.89 Å². The van der Waals surface area contributed by atoms with E-state index in [4.69, 9.17) is 20.1 Å². The Balaban J connectivity index is -0.000000325. The zero-order valence-corrected chi connectivity index (χ0v) is 23.6. The Kier molecular flexibility index (Phi) is 33.5.